The number of sulfonamides is 1. The summed E-state index contributed by atoms with van der Waals surface area (Å²) in [5, 5.41) is 19.4. The average Bonchev–Trinajstić information content (AvgIpc) is 2.46. The number of ether oxygens (including phenoxy) is 2. The molecule has 0 bridgehead atoms. The second kappa shape index (κ2) is 7.49. The number of nitrogens with one attached hydrogen (secondary N) is 1. The molecule has 0 amide bonds. The summed E-state index contributed by atoms with van der Waals surface area (Å²) >= 11 is 0. The fourth-order valence-corrected chi connectivity index (χ4v) is 3.14. The Morgan fingerprint density at radius 2 is 2.05 bits per heavy atom. The lowest BCUT2D eigenvalue weighted by atomic mass is 9.99. The van der Waals surface area contributed by atoms with Crippen LogP contribution in [0.1, 0.15) is 5.56 Å². The minimum Gasteiger partial charge on any atom is -0.394 e. The molecule has 7 nitrogen and oxygen atoms in total. The highest BCUT2D eigenvalue weighted by Crippen LogP contribution is 2.20. The van der Waals surface area contributed by atoms with E-state index in [4.69, 9.17) is 9.47 Å². The molecule has 0 unspecified atom stereocenters. The largest absolute Gasteiger partial charge is 0.394 e. The molecule has 3 N–H and O–H groups in total. The monoisotopic (exact) mass is 331 g/mol. The maximum absolute atomic E-state index is 11.4. The third kappa shape index (κ3) is 4.73. The van der Waals surface area contributed by atoms with E-state index in [0.717, 1.165) is 11.8 Å². The van der Waals surface area contributed by atoms with Crippen LogP contribution < -0.4 is 4.72 Å². The zero-order valence-electron chi connectivity index (χ0n) is 12.3. The Balaban J connectivity index is 2.08. The van der Waals surface area contributed by atoms with Crippen LogP contribution in [0.4, 0.5) is 0 Å². The van der Waals surface area contributed by atoms with Crippen LogP contribution in [-0.4, -0.2) is 62.5 Å². The number of benzene rings is 1. The predicted octanol–water partition coefficient (Wildman–Crippen LogP) is -0.758. The van der Waals surface area contributed by atoms with Crippen molar-refractivity contribution in [1.82, 2.24) is 4.72 Å². The van der Waals surface area contributed by atoms with Crippen LogP contribution in [0, 0.1) is 0 Å². The first-order chi connectivity index (χ1) is 10.4. The van der Waals surface area contributed by atoms with E-state index in [1.807, 2.05) is 30.3 Å². The molecule has 1 fully saturated rings. The maximum Gasteiger partial charge on any atom is 0.209 e. The molecule has 22 heavy (non-hydrogen) atoms. The molecule has 0 aromatic heterocycles. The van der Waals surface area contributed by atoms with Gasteiger partial charge in [-0.25, -0.2) is 13.1 Å². The molecule has 1 aromatic rings. The lowest BCUT2D eigenvalue weighted by molar-refractivity contribution is -0.179. The van der Waals surface area contributed by atoms with E-state index in [9.17, 15) is 18.6 Å². The quantitative estimate of drug-likeness (QED) is 0.633. The van der Waals surface area contributed by atoms with E-state index in [-0.39, 0.29) is 19.8 Å². The highest BCUT2D eigenvalue weighted by molar-refractivity contribution is 7.88. The van der Waals surface area contributed by atoms with E-state index in [2.05, 4.69) is 4.72 Å². The molecule has 1 aliphatic heterocycles. The number of rotatable bonds is 6. The van der Waals surface area contributed by atoms with Gasteiger partial charge in [0.15, 0.2) is 0 Å². The van der Waals surface area contributed by atoms with Gasteiger partial charge in [0.2, 0.25) is 10.0 Å². The van der Waals surface area contributed by atoms with Crippen molar-refractivity contribution >= 4 is 10.0 Å². The standard InChI is InChI=1S/C14H21NO6S/c1-22(18,19)15-11-9-20-12(7-16)13(17)14(11)21-8-10-5-3-2-4-6-10/h2-6,11-17H,7-9H2,1H3/t11-,12-,13+,14-/m1/s1. The van der Waals surface area contributed by atoms with Gasteiger partial charge in [0.1, 0.15) is 18.3 Å². The number of hydrogen-bond donors (Lipinski definition) is 3. The smallest absolute Gasteiger partial charge is 0.209 e. The molecule has 0 spiro atoms. The minimum atomic E-state index is -3.47. The zero-order chi connectivity index (χ0) is 16.2. The van der Waals surface area contributed by atoms with E-state index >= 15 is 0 Å². The van der Waals surface area contributed by atoms with E-state index in [1.165, 1.54) is 0 Å². The first-order valence-corrected chi connectivity index (χ1v) is 8.83. The lowest BCUT2D eigenvalue weighted by Gasteiger charge is -2.39. The Morgan fingerprint density at radius 3 is 2.64 bits per heavy atom. The summed E-state index contributed by atoms with van der Waals surface area (Å²) in [6, 6.07) is 8.63. The van der Waals surface area contributed by atoms with Crippen LogP contribution >= 0.6 is 0 Å². The Morgan fingerprint density at radius 1 is 1.36 bits per heavy atom. The van der Waals surface area contributed by atoms with Gasteiger partial charge in [-0.1, -0.05) is 30.3 Å². The van der Waals surface area contributed by atoms with Crippen molar-refractivity contribution in [2.24, 2.45) is 0 Å². The van der Waals surface area contributed by atoms with Gasteiger partial charge in [0.25, 0.3) is 0 Å². The van der Waals surface area contributed by atoms with Gasteiger partial charge in [-0.3, -0.25) is 0 Å². The Kier molecular flexibility index (Phi) is 5.90. The van der Waals surface area contributed by atoms with Gasteiger partial charge < -0.3 is 19.7 Å². The molecule has 1 saturated heterocycles. The van der Waals surface area contributed by atoms with E-state index < -0.39 is 34.4 Å². The van der Waals surface area contributed by atoms with Gasteiger partial charge in [-0.2, -0.15) is 0 Å². The van der Waals surface area contributed by atoms with Crippen LogP contribution in [0.2, 0.25) is 0 Å². The highest BCUT2D eigenvalue weighted by atomic mass is 32.2. The number of aliphatic hydroxyl groups excluding tert-OH is 2. The van der Waals surface area contributed by atoms with Gasteiger partial charge in [0, 0.05) is 0 Å². The fourth-order valence-electron chi connectivity index (χ4n) is 2.39. The molecular formula is C14H21NO6S. The molecule has 1 aliphatic rings. The SMILES string of the molecule is CS(=O)(=O)N[C@@H]1CO[C@H](CO)[C@H](O)[C@@H]1OCc1ccccc1. The van der Waals surface area contributed by atoms with Gasteiger partial charge in [-0.05, 0) is 5.56 Å². The summed E-state index contributed by atoms with van der Waals surface area (Å²) < 4.78 is 36.2. The normalized spacial score (nSPS) is 29.4. The van der Waals surface area contributed by atoms with Crippen LogP contribution in [0.25, 0.3) is 0 Å². The van der Waals surface area contributed by atoms with Crippen LogP contribution in [0.3, 0.4) is 0 Å². The lowest BCUT2D eigenvalue weighted by Crippen LogP contribution is -2.60. The first-order valence-electron chi connectivity index (χ1n) is 6.94. The molecule has 8 heteroatoms. The second-order valence-corrected chi connectivity index (χ2v) is 7.08. The summed E-state index contributed by atoms with van der Waals surface area (Å²) in [5.41, 5.74) is 0.903. The van der Waals surface area contributed by atoms with Gasteiger partial charge in [0.05, 0.1) is 32.1 Å². The van der Waals surface area contributed by atoms with Crippen LogP contribution in [0.15, 0.2) is 30.3 Å². The maximum atomic E-state index is 11.4. The van der Waals surface area contributed by atoms with Crippen LogP contribution in [0.5, 0.6) is 0 Å². The van der Waals surface area contributed by atoms with E-state index in [0.29, 0.717) is 0 Å². The third-order valence-corrected chi connectivity index (χ3v) is 4.17. The number of hydrogen-bond acceptors (Lipinski definition) is 6. The van der Waals surface area contributed by atoms with Crippen molar-refractivity contribution < 1.29 is 28.1 Å². The summed E-state index contributed by atoms with van der Waals surface area (Å²) in [5.74, 6) is 0. The second-order valence-electron chi connectivity index (χ2n) is 5.30. The summed E-state index contributed by atoms with van der Waals surface area (Å²) in [7, 11) is -3.47. The van der Waals surface area contributed by atoms with Gasteiger partial charge >= 0.3 is 0 Å². The van der Waals surface area contributed by atoms with Crippen molar-refractivity contribution in [2.75, 3.05) is 19.5 Å². The van der Waals surface area contributed by atoms with Gasteiger partial charge in [-0.15, -0.1) is 0 Å². The molecule has 1 aromatic carbocycles. The highest BCUT2D eigenvalue weighted by Gasteiger charge is 2.41. The zero-order valence-corrected chi connectivity index (χ0v) is 13.1. The van der Waals surface area contributed by atoms with Crippen molar-refractivity contribution in [1.29, 1.82) is 0 Å². The topological polar surface area (TPSA) is 105 Å². The fraction of sp³-hybridized carbons (Fsp3) is 0.571. The molecule has 2 rings (SSSR count). The Labute approximate surface area is 129 Å². The molecular weight excluding hydrogens is 310 g/mol. The summed E-state index contributed by atoms with van der Waals surface area (Å²) in [6.07, 6.45) is -1.69. The molecule has 0 radical (unpaired) electrons. The summed E-state index contributed by atoms with van der Waals surface area (Å²) in [4.78, 5) is 0. The summed E-state index contributed by atoms with van der Waals surface area (Å²) in [6.45, 7) is -0.116. The van der Waals surface area contributed by atoms with Crippen molar-refractivity contribution in [2.45, 2.75) is 31.0 Å². The molecule has 124 valence electrons. The molecule has 0 aliphatic carbocycles. The van der Waals surface area contributed by atoms with Crippen molar-refractivity contribution in [3.8, 4) is 0 Å². The molecule has 1 heterocycles. The van der Waals surface area contributed by atoms with E-state index in [1.54, 1.807) is 0 Å². The average molecular weight is 331 g/mol. The molecule has 0 saturated carbocycles. The first kappa shape index (κ1) is 17.3. The third-order valence-electron chi connectivity index (χ3n) is 3.43. The van der Waals surface area contributed by atoms with Crippen molar-refractivity contribution in [3.63, 3.8) is 0 Å². The van der Waals surface area contributed by atoms with Crippen molar-refractivity contribution in [3.05, 3.63) is 35.9 Å². The number of aliphatic hydroxyl groups is 2. The molecule has 4 atom stereocenters. The van der Waals surface area contributed by atoms with Crippen LogP contribution in [-0.2, 0) is 26.1 Å². The predicted molar refractivity (Wildman–Crippen MR) is 79.6 cm³/mol. The Bertz CT molecular complexity index is 564. The minimum absolute atomic E-state index is 0.0226. The Hall–Kier alpha value is -1.03.